The van der Waals surface area contributed by atoms with Crippen LogP contribution >= 0.6 is 0 Å². The number of rotatable bonds is 9. The van der Waals surface area contributed by atoms with Crippen LogP contribution in [0.5, 0.6) is 5.75 Å². The number of hydrogen-bond acceptors (Lipinski definition) is 3. The summed E-state index contributed by atoms with van der Waals surface area (Å²) < 4.78 is 29.2. The zero-order valence-corrected chi connectivity index (χ0v) is 17.7. The molecule has 29 heavy (non-hydrogen) atoms. The summed E-state index contributed by atoms with van der Waals surface area (Å²) in [7, 11) is 1.82. The predicted octanol–water partition coefficient (Wildman–Crippen LogP) is 5.61. The van der Waals surface area contributed by atoms with Crippen molar-refractivity contribution in [2.75, 3.05) is 18.9 Å². The van der Waals surface area contributed by atoms with Crippen molar-refractivity contribution in [1.82, 2.24) is 4.90 Å². The second-order valence-electron chi connectivity index (χ2n) is 7.87. The number of nitrogens with zero attached hydrogens (tertiary/aromatic N) is 1. The molecule has 0 aliphatic carbocycles. The van der Waals surface area contributed by atoms with Gasteiger partial charge in [0.15, 0.2) is 0 Å². The van der Waals surface area contributed by atoms with Crippen LogP contribution in [0, 0.1) is 0 Å². The fraction of sp³-hybridized carbons (Fsp3) is 0.435. The minimum absolute atomic E-state index is 0.109. The molecule has 1 N–H and O–H groups in total. The van der Waals surface area contributed by atoms with Crippen molar-refractivity contribution in [1.29, 1.82) is 0 Å². The van der Waals surface area contributed by atoms with Crippen molar-refractivity contribution in [3.05, 3.63) is 59.2 Å². The minimum atomic E-state index is -2.86. The van der Waals surface area contributed by atoms with Crippen molar-refractivity contribution in [3.63, 3.8) is 0 Å². The number of nitrogens with one attached hydrogen (secondary N) is 1. The number of hydrogen-bond donors (Lipinski definition) is 1. The second-order valence-corrected chi connectivity index (χ2v) is 7.87. The van der Waals surface area contributed by atoms with Gasteiger partial charge in [-0.1, -0.05) is 58.0 Å². The minimum Gasteiger partial charge on any atom is -0.435 e. The number of halogens is 2. The number of alkyl halides is 2. The molecular formula is C23H30F2N2O2. The van der Waals surface area contributed by atoms with Gasteiger partial charge in [-0.05, 0) is 47.7 Å². The Bertz CT molecular complexity index is 796. The van der Waals surface area contributed by atoms with Crippen LogP contribution in [0.15, 0.2) is 42.5 Å². The maximum absolute atomic E-state index is 12.7. The van der Waals surface area contributed by atoms with Gasteiger partial charge in [-0.25, -0.2) is 0 Å². The number of anilines is 1. The van der Waals surface area contributed by atoms with Gasteiger partial charge < -0.3 is 10.1 Å². The normalized spacial score (nSPS) is 11.6. The predicted molar refractivity (Wildman–Crippen MR) is 113 cm³/mol. The number of para-hydroxylation sites is 1. The Balaban J connectivity index is 2.06. The van der Waals surface area contributed by atoms with E-state index in [1.165, 1.54) is 6.07 Å². The molecule has 0 saturated carbocycles. The molecule has 0 heterocycles. The molecule has 0 aromatic heterocycles. The van der Waals surface area contributed by atoms with Crippen molar-refractivity contribution in [2.24, 2.45) is 0 Å². The van der Waals surface area contributed by atoms with Gasteiger partial charge in [0.05, 0.1) is 6.54 Å². The zero-order chi connectivity index (χ0) is 21.6. The Morgan fingerprint density at radius 3 is 2.17 bits per heavy atom. The summed E-state index contributed by atoms with van der Waals surface area (Å²) in [6.45, 7) is 6.20. The topological polar surface area (TPSA) is 41.6 Å². The number of amides is 1. The summed E-state index contributed by atoms with van der Waals surface area (Å²) in [6, 6.07) is 12.6. The van der Waals surface area contributed by atoms with E-state index in [1.807, 2.05) is 36.2 Å². The molecule has 0 aliphatic heterocycles. The van der Waals surface area contributed by atoms with E-state index >= 15 is 0 Å². The number of likely N-dealkylation sites (N-methyl/N-ethyl adjacent to an activating group) is 1. The van der Waals surface area contributed by atoms with Crippen molar-refractivity contribution in [2.45, 2.75) is 52.7 Å². The highest BCUT2D eigenvalue weighted by atomic mass is 19.3. The third-order valence-corrected chi connectivity index (χ3v) is 4.63. The molecule has 0 aliphatic rings. The van der Waals surface area contributed by atoms with E-state index in [2.05, 4.69) is 37.7 Å². The summed E-state index contributed by atoms with van der Waals surface area (Å²) in [5, 5.41) is 3.09. The largest absolute Gasteiger partial charge is 0.435 e. The number of carbonyl (C=O) groups excluding carboxylic acids is 1. The maximum atomic E-state index is 12.7. The lowest BCUT2D eigenvalue weighted by Gasteiger charge is -2.22. The zero-order valence-electron chi connectivity index (χ0n) is 17.7. The van der Waals surface area contributed by atoms with Gasteiger partial charge in [0.2, 0.25) is 5.91 Å². The molecule has 0 saturated heterocycles. The van der Waals surface area contributed by atoms with E-state index < -0.39 is 6.61 Å². The van der Waals surface area contributed by atoms with Crippen molar-refractivity contribution < 1.29 is 18.3 Å². The summed E-state index contributed by atoms with van der Waals surface area (Å²) in [5.41, 5.74) is 3.92. The molecule has 6 heteroatoms. The lowest BCUT2D eigenvalue weighted by molar-refractivity contribution is -0.117. The van der Waals surface area contributed by atoms with Gasteiger partial charge >= 0.3 is 6.61 Å². The summed E-state index contributed by atoms with van der Waals surface area (Å²) in [4.78, 5) is 14.5. The highest BCUT2D eigenvalue weighted by Gasteiger charge is 2.17. The van der Waals surface area contributed by atoms with Crippen LogP contribution in [0.25, 0.3) is 0 Å². The smallest absolute Gasteiger partial charge is 0.387 e. The summed E-state index contributed by atoms with van der Waals surface area (Å²) in [5.74, 6) is 0.587. The van der Waals surface area contributed by atoms with Gasteiger partial charge in [-0.3, -0.25) is 9.69 Å². The molecule has 158 valence electrons. The first-order valence-electron chi connectivity index (χ1n) is 9.82. The van der Waals surface area contributed by atoms with Crippen LogP contribution in [-0.2, 0) is 11.3 Å². The van der Waals surface area contributed by atoms with E-state index in [9.17, 15) is 13.6 Å². The average Bonchev–Trinajstić information content (AvgIpc) is 2.60. The fourth-order valence-corrected chi connectivity index (χ4v) is 3.31. The van der Waals surface area contributed by atoms with Gasteiger partial charge in [-0.15, -0.1) is 0 Å². The Kier molecular flexibility index (Phi) is 8.14. The monoisotopic (exact) mass is 404 g/mol. The molecule has 0 unspecified atom stereocenters. The van der Waals surface area contributed by atoms with E-state index in [-0.39, 0.29) is 18.2 Å². The molecule has 2 aromatic carbocycles. The number of benzene rings is 2. The van der Waals surface area contributed by atoms with Gasteiger partial charge in [0.25, 0.3) is 0 Å². The maximum Gasteiger partial charge on any atom is 0.387 e. The number of carbonyl (C=O) groups is 1. The molecule has 0 atom stereocenters. The summed E-state index contributed by atoms with van der Waals surface area (Å²) >= 11 is 0. The highest BCUT2D eigenvalue weighted by Crippen LogP contribution is 2.32. The lowest BCUT2D eigenvalue weighted by atomic mass is 9.92. The lowest BCUT2D eigenvalue weighted by Crippen LogP contribution is -2.30. The quantitative estimate of drug-likeness (QED) is 0.591. The molecule has 0 fully saturated rings. The molecular weight excluding hydrogens is 374 g/mol. The first-order valence-corrected chi connectivity index (χ1v) is 9.82. The van der Waals surface area contributed by atoms with Crippen LogP contribution in [0.2, 0.25) is 0 Å². The van der Waals surface area contributed by atoms with Crippen molar-refractivity contribution >= 4 is 11.6 Å². The van der Waals surface area contributed by atoms with E-state index in [0.29, 0.717) is 18.4 Å². The molecule has 1 amide bonds. The number of ether oxygens (including phenoxy) is 1. The van der Waals surface area contributed by atoms with Crippen molar-refractivity contribution in [3.8, 4) is 5.75 Å². The van der Waals surface area contributed by atoms with Gasteiger partial charge in [0.1, 0.15) is 5.75 Å². The molecule has 2 aromatic rings. The Hall–Kier alpha value is -2.47. The third kappa shape index (κ3) is 6.82. The van der Waals surface area contributed by atoms with Gasteiger partial charge in [-0.2, -0.15) is 8.78 Å². The van der Waals surface area contributed by atoms with E-state index in [4.69, 9.17) is 0 Å². The van der Waals surface area contributed by atoms with Crippen LogP contribution in [-0.4, -0.2) is 31.0 Å². The second kappa shape index (κ2) is 10.3. The van der Waals surface area contributed by atoms with Crippen LogP contribution in [0.1, 0.15) is 56.2 Å². The SMILES string of the molecule is CC(C)c1cccc(C(C)C)c1NC(=O)CN(C)Cc1cccc(OC(F)F)c1. The standard InChI is InChI=1S/C23H30F2N2O2/c1-15(2)19-10-7-11-20(16(3)4)22(19)26-21(28)14-27(5)13-17-8-6-9-18(12-17)29-23(24)25/h6-12,15-16,23H,13-14H2,1-5H3,(H,26,28). The first kappa shape index (κ1) is 22.8. The highest BCUT2D eigenvalue weighted by molar-refractivity contribution is 5.94. The average molecular weight is 405 g/mol. The molecule has 2 rings (SSSR count). The Labute approximate surface area is 171 Å². The fourth-order valence-electron chi connectivity index (χ4n) is 3.31. The van der Waals surface area contributed by atoms with Crippen LogP contribution in [0.4, 0.5) is 14.5 Å². The first-order chi connectivity index (χ1) is 13.7. The summed E-state index contributed by atoms with van der Waals surface area (Å²) in [6.07, 6.45) is 0. The molecule has 0 spiro atoms. The Morgan fingerprint density at radius 1 is 1.03 bits per heavy atom. The molecule has 4 nitrogen and oxygen atoms in total. The molecule has 0 bridgehead atoms. The van der Waals surface area contributed by atoms with E-state index in [1.54, 1.807) is 12.1 Å². The third-order valence-electron chi connectivity index (χ3n) is 4.63. The van der Waals surface area contributed by atoms with Gasteiger partial charge in [0, 0.05) is 12.2 Å². The van der Waals surface area contributed by atoms with E-state index in [0.717, 1.165) is 22.4 Å². The molecule has 0 radical (unpaired) electrons. The van der Waals surface area contributed by atoms with Crippen LogP contribution < -0.4 is 10.1 Å². The Morgan fingerprint density at radius 2 is 1.62 bits per heavy atom. The van der Waals surface area contributed by atoms with Crippen LogP contribution in [0.3, 0.4) is 0 Å².